The van der Waals surface area contributed by atoms with E-state index in [1.165, 1.54) is 14.2 Å². The van der Waals surface area contributed by atoms with E-state index in [0.29, 0.717) is 0 Å². The lowest BCUT2D eigenvalue weighted by Gasteiger charge is -2.28. The third-order valence-electron chi connectivity index (χ3n) is 2.15. The summed E-state index contributed by atoms with van der Waals surface area (Å²) in [6, 6.07) is 0. The molecule has 0 saturated heterocycles. The molecule has 0 saturated carbocycles. The molecule has 7 nitrogen and oxygen atoms in total. The van der Waals surface area contributed by atoms with Crippen LogP contribution in [0.4, 0.5) is 4.79 Å². The van der Waals surface area contributed by atoms with Crippen molar-refractivity contribution in [3.8, 4) is 0 Å². The lowest BCUT2D eigenvalue weighted by atomic mass is 10.1. The number of alkyl carbamates (subject to hydrolysis) is 1. The number of hydrogen-bond acceptors (Lipinski definition) is 5. The molecule has 0 radical (unpaired) electrons. The summed E-state index contributed by atoms with van der Waals surface area (Å²) in [4.78, 5) is 27.8. The van der Waals surface area contributed by atoms with Gasteiger partial charge in [-0.1, -0.05) is 0 Å². The molecule has 0 spiro atoms. The Morgan fingerprint density at radius 2 is 1.70 bits per heavy atom. The maximum absolute atomic E-state index is 11.6. The quantitative estimate of drug-likeness (QED) is 0.747. The number of nitrogens with one attached hydrogen (secondary N) is 1. The van der Waals surface area contributed by atoms with Gasteiger partial charge < -0.3 is 14.8 Å². The van der Waals surface area contributed by atoms with Crippen molar-refractivity contribution in [2.75, 3.05) is 27.4 Å². The Bertz CT molecular complexity index is 336. The van der Waals surface area contributed by atoms with Gasteiger partial charge in [-0.25, -0.2) is 9.86 Å². The third-order valence-corrected chi connectivity index (χ3v) is 2.15. The van der Waals surface area contributed by atoms with Crippen LogP contribution in [0.2, 0.25) is 0 Å². The number of likely N-dealkylation sites (N-methyl/N-ethyl adjacent to an activating group) is 1. The van der Waals surface area contributed by atoms with E-state index in [0.717, 1.165) is 5.06 Å². The lowest BCUT2D eigenvalue weighted by Crippen LogP contribution is -2.49. The number of ether oxygens (including phenoxy) is 2. The van der Waals surface area contributed by atoms with Gasteiger partial charge in [0.1, 0.15) is 12.2 Å². The van der Waals surface area contributed by atoms with Gasteiger partial charge in [-0.2, -0.15) is 0 Å². The molecule has 20 heavy (non-hydrogen) atoms. The van der Waals surface area contributed by atoms with Crippen LogP contribution in [0.3, 0.4) is 0 Å². The summed E-state index contributed by atoms with van der Waals surface area (Å²) < 4.78 is 10.4. The van der Waals surface area contributed by atoms with Crippen molar-refractivity contribution >= 4 is 12.0 Å². The smallest absolute Gasteiger partial charge is 0.408 e. The number of carbonyl (C=O) groups excluding carboxylic acids is 2. The SMILES string of the molecule is CON(C)C(=O)COCC(C)(C)NC(=O)OC(C)(C)C. The molecule has 0 aromatic heterocycles. The van der Waals surface area contributed by atoms with E-state index in [2.05, 4.69) is 5.32 Å². The molecule has 0 aliphatic carbocycles. The predicted octanol–water partition coefficient (Wildman–Crippen LogP) is 1.33. The Hall–Kier alpha value is -1.34. The zero-order valence-electron chi connectivity index (χ0n) is 13.4. The van der Waals surface area contributed by atoms with Gasteiger partial charge >= 0.3 is 6.09 Å². The van der Waals surface area contributed by atoms with Gasteiger partial charge in [0.2, 0.25) is 0 Å². The minimum atomic E-state index is -0.645. The van der Waals surface area contributed by atoms with Crippen molar-refractivity contribution in [3.63, 3.8) is 0 Å². The second kappa shape index (κ2) is 7.44. The van der Waals surface area contributed by atoms with E-state index in [-0.39, 0.29) is 19.1 Å². The first-order chi connectivity index (χ1) is 8.97. The van der Waals surface area contributed by atoms with Crippen molar-refractivity contribution in [3.05, 3.63) is 0 Å². The van der Waals surface area contributed by atoms with E-state index in [4.69, 9.17) is 14.3 Å². The van der Waals surface area contributed by atoms with Crippen molar-refractivity contribution < 1.29 is 23.9 Å². The lowest BCUT2D eigenvalue weighted by molar-refractivity contribution is -0.173. The summed E-state index contributed by atoms with van der Waals surface area (Å²) in [5, 5.41) is 3.77. The van der Waals surface area contributed by atoms with Gasteiger partial charge in [-0.05, 0) is 34.6 Å². The van der Waals surface area contributed by atoms with Gasteiger partial charge in [-0.3, -0.25) is 9.63 Å². The minimum Gasteiger partial charge on any atom is -0.444 e. The molecule has 0 unspecified atom stereocenters. The first-order valence-corrected chi connectivity index (χ1v) is 6.36. The van der Waals surface area contributed by atoms with Crippen LogP contribution >= 0.6 is 0 Å². The second-order valence-corrected chi connectivity index (χ2v) is 6.08. The van der Waals surface area contributed by atoms with Crippen LogP contribution < -0.4 is 5.32 Å². The highest BCUT2D eigenvalue weighted by molar-refractivity contribution is 5.76. The monoisotopic (exact) mass is 290 g/mol. The molecule has 0 aliphatic heterocycles. The van der Waals surface area contributed by atoms with Crippen molar-refractivity contribution in [2.45, 2.75) is 45.8 Å². The Kier molecular flexibility index (Phi) is 6.95. The molecular weight excluding hydrogens is 264 g/mol. The predicted molar refractivity (Wildman–Crippen MR) is 74.0 cm³/mol. The van der Waals surface area contributed by atoms with Gasteiger partial charge in [0.15, 0.2) is 0 Å². The highest BCUT2D eigenvalue weighted by atomic mass is 16.7. The molecule has 2 amide bonds. The summed E-state index contributed by atoms with van der Waals surface area (Å²) in [5.74, 6) is -0.305. The Morgan fingerprint density at radius 1 is 1.15 bits per heavy atom. The van der Waals surface area contributed by atoms with Crippen molar-refractivity contribution in [2.24, 2.45) is 0 Å². The van der Waals surface area contributed by atoms with Crippen molar-refractivity contribution in [1.29, 1.82) is 0 Å². The maximum Gasteiger partial charge on any atom is 0.408 e. The second-order valence-electron chi connectivity index (χ2n) is 6.08. The van der Waals surface area contributed by atoms with Crippen LogP contribution in [0.15, 0.2) is 0 Å². The standard InChI is InChI=1S/C13H26N2O5/c1-12(2,3)20-11(17)14-13(4,5)9-19-8-10(16)15(6)18-7/h8-9H2,1-7H3,(H,14,17). The first-order valence-electron chi connectivity index (χ1n) is 6.36. The molecule has 0 aliphatic rings. The summed E-state index contributed by atoms with van der Waals surface area (Å²) in [5.41, 5.74) is -1.20. The van der Waals surface area contributed by atoms with Crippen LogP contribution in [-0.4, -0.2) is 55.6 Å². The van der Waals surface area contributed by atoms with E-state index < -0.39 is 17.2 Å². The van der Waals surface area contributed by atoms with Gasteiger partial charge in [-0.15, -0.1) is 0 Å². The highest BCUT2D eigenvalue weighted by Crippen LogP contribution is 2.09. The van der Waals surface area contributed by atoms with Crippen molar-refractivity contribution in [1.82, 2.24) is 10.4 Å². The fourth-order valence-corrected chi connectivity index (χ4v) is 1.20. The van der Waals surface area contributed by atoms with Gasteiger partial charge in [0, 0.05) is 7.05 Å². The molecule has 0 fully saturated rings. The fraction of sp³-hybridized carbons (Fsp3) is 0.846. The average Bonchev–Trinajstić information content (AvgIpc) is 2.23. The Morgan fingerprint density at radius 3 is 2.15 bits per heavy atom. The molecule has 118 valence electrons. The molecule has 0 aromatic carbocycles. The first kappa shape index (κ1) is 18.7. The number of amides is 2. The maximum atomic E-state index is 11.6. The Balaban J connectivity index is 4.13. The molecule has 0 aromatic rings. The van der Waals surface area contributed by atoms with E-state index >= 15 is 0 Å². The average molecular weight is 290 g/mol. The molecule has 7 heteroatoms. The zero-order valence-corrected chi connectivity index (χ0v) is 13.4. The molecule has 0 heterocycles. The van der Waals surface area contributed by atoms with Gasteiger partial charge in [0.05, 0.1) is 19.3 Å². The summed E-state index contributed by atoms with van der Waals surface area (Å²) in [6.45, 7) is 8.97. The Labute approximate surface area is 120 Å². The summed E-state index contributed by atoms with van der Waals surface area (Å²) in [7, 11) is 2.89. The van der Waals surface area contributed by atoms with Crippen LogP contribution in [0, 0.1) is 0 Å². The summed E-state index contributed by atoms with van der Waals surface area (Å²) >= 11 is 0. The van der Waals surface area contributed by atoms with E-state index in [1.807, 2.05) is 0 Å². The topological polar surface area (TPSA) is 77.1 Å². The van der Waals surface area contributed by atoms with Crippen LogP contribution in [-0.2, 0) is 19.1 Å². The molecule has 1 N–H and O–H groups in total. The number of hydrogen-bond donors (Lipinski definition) is 1. The highest BCUT2D eigenvalue weighted by Gasteiger charge is 2.25. The molecular formula is C13H26N2O5. The van der Waals surface area contributed by atoms with Crippen LogP contribution in [0.1, 0.15) is 34.6 Å². The third kappa shape index (κ3) is 8.71. The number of rotatable bonds is 6. The van der Waals surface area contributed by atoms with Crippen LogP contribution in [0.25, 0.3) is 0 Å². The van der Waals surface area contributed by atoms with E-state index in [9.17, 15) is 9.59 Å². The normalized spacial score (nSPS) is 11.9. The molecule has 0 rings (SSSR count). The largest absolute Gasteiger partial charge is 0.444 e. The summed E-state index contributed by atoms with van der Waals surface area (Å²) in [6.07, 6.45) is -0.522. The number of carbonyl (C=O) groups is 2. The van der Waals surface area contributed by atoms with Gasteiger partial charge in [0.25, 0.3) is 5.91 Å². The molecule has 0 bridgehead atoms. The van der Waals surface area contributed by atoms with E-state index in [1.54, 1.807) is 34.6 Å². The fourth-order valence-electron chi connectivity index (χ4n) is 1.20. The minimum absolute atomic E-state index is 0.121. The molecule has 0 atom stereocenters. The van der Waals surface area contributed by atoms with Crippen LogP contribution in [0.5, 0.6) is 0 Å². The number of hydroxylamine groups is 2. The zero-order chi connectivity index (χ0) is 16.0. The number of nitrogens with zero attached hydrogens (tertiary/aromatic N) is 1.